The summed E-state index contributed by atoms with van der Waals surface area (Å²) in [6.45, 7) is 7.25. The van der Waals surface area contributed by atoms with E-state index in [-0.39, 0.29) is 43.6 Å². The summed E-state index contributed by atoms with van der Waals surface area (Å²) in [7, 11) is 0. The van der Waals surface area contributed by atoms with Crippen LogP contribution in [0, 0.1) is 17.8 Å². The highest BCUT2D eigenvalue weighted by molar-refractivity contribution is 5.81. The van der Waals surface area contributed by atoms with E-state index in [9.17, 15) is 13.6 Å². The van der Waals surface area contributed by atoms with E-state index in [4.69, 9.17) is 10.1 Å². The second kappa shape index (κ2) is 10.5. The van der Waals surface area contributed by atoms with Crippen LogP contribution in [0.1, 0.15) is 90.2 Å². The molecule has 0 spiro atoms. The van der Waals surface area contributed by atoms with Crippen molar-refractivity contribution in [3.05, 3.63) is 35.9 Å². The molecule has 6 nitrogen and oxygen atoms in total. The minimum atomic E-state index is -2.63. The van der Waals surface area contributed by atoms with Crippen LogP contribution in [0.2, 0.25) is 0 Å². The minimum absolute atomic E-state index is 0.0789. The Morgan fingerprint density at radius 1 is 1.08 bits per heavy atom. The lowest BCUT2D eigenvalue weighted by Gasteiger charge is -2.45. The van der Waals surface area contributed by atoms with Crippen LogP contribution in [0.4, 0.5) is 8.78 Å². The molecule has 3 unspecified atom stereocenters. The average Bonchev–Trinajstić information content (AvgIpc) is 3.38. The Labute approximate surface area is 219 Å². The van der Waals surface area contributed by atoms with Gasteiger partial charge >= 0.3 is 0 Å². The van der Waals surface area contributed by atoms with Crippen LogP contribution in [0.3, 0.4) is 0 Å². The number of hydrogen-bond donors (Lipinski definition) is 1. The van der Waals surface area contributed by atoms with Crippen molar-refractivity contribution < 1.29 is 13.6 Å². The molecule has 3 fully saturated rings. The standard InChI is InChI=1S/C29H41F2N5O/c1-19(2)29(33-20(3)34-35-29)23-17-24-9-10-25(18-23)36(24)16-13-26(21-7-5-4-6-8-21)32-27(37)22-11-14-28(30,31)15-12-22/h4-8,19,22-26H,9-18H2,1-3H3,(H,32,37)/t23?,24?,25?,26-,29?/m0/s1. The lowest BCUT2D eigenvalue weighted by molar-refractivity contribution is -0.130. The van der Waals surface area contributed by atoms with Gasteiger partial charge in [0, 0.05) is 49.2 Å². The molecule has 2 bridgehead atoms. The molecule has 1 amide bonds. The van der Waals surface area contributed by atoms with Crippen molar-refractivity contribution in [2.45, 2.75) is 108 Å². The number of alkyl halides is 2. The van der Waals surface area contributed by atoms with Gasteiger partial charge in [-0.15, -0.1) is 5.11 Å². The van der Waals surface area contributed by atoms with E-state index in [0.29, 0.717) is 23.9 Å². The molecule has 0 radical (unpaired) electrons. The molecule has 2 saturated heterocycles. The van der Waals surface area contributed by atoms with Gasteiger partial charge in [-0.05, 0) is 57.4 Å². The number of fused-ring (bicyclic) bond motifs is 2. The van der Waals surface area contributed by atoms with Crippen LogP contribution >= 0.6 is 0 Å². The Balaban J connectivity index is 1.24. The van der Waals surface area contributed by atoms with Crippen molar-refractivity contribution in [3.63, 3.8) is 0 Å². The third-order valence-corrected chi connectivity index (χ3v) is 9.31. The van der Waals surface area contributed by atoms with E-state index in [1.807, 2.05) is 25.1 Å². The van der Waals surface area contributed by atoms with Gasteiger partial charge in [0.05, 0.1) is 6.04 Å². The highest BCUT2D eigenvalue weighted by Gasteiger charge is 2.51. The smallest absolute Gasteiger partial charge is 0.248 e. The molecule has 37 heavy (non-hydrogen) atoms. The summed E-state index contributed by atoms with van der Waals surface area (Å²) < 4.78 is 27.3. The fourth-order valence-electron chi connectivity index (χ4n) is 7.21. The number of azo groups is 1. The summed E-state index contributed by atoms with van der Waals surface area (Å²) in [6.07, 6.45) is 5.46. The first-order valence-corrected chi connectivity index (χ1v) is 14.1. The Kier molecular flexibility index (Phi) is 7.49. The topological polar surface area (TPSA) is 69.4 Å². The maximum absolute atomic E-state index is 13.6. The van der Waals surface area contributed by atoms with Gasteiger partial charge in [-0.3, -0.25) is 9.69 Å². The fourth-order valence-corrected chi connectivity index (χ4v) is 7.21. The summed E-state index contributed by atoms with van der Waals surface area (Å²) in [6, 6.07) is 11.0. The van der Waals surface area contributed by atoms with Gasteiger partial charge in [0.25, 0.3) is 0 Å². The molecule has 4 atom stereocenters. The molecule has 1 N–H and O–H groups in total. The number of rotatable bonds is 8. The van der Waals surface area contributed by atoms with E-state index in [1.54, 1.807) is 0 Å². The van der Waals surface area contributed by atoms with Crippen LogP contribution in [0.5, 0.6) is 0 Å². The van der Waals surface area contributed by atoms with Gasteiger partial charge in [0.2, 0.25) is 11.8 Å². The number of hydrogen-bond acceptors (Lipinski definition) is 5. The van der Waals surface area contributed by atoms with Gasteiger partial charge in [-0.25, -0.2) is 13.8 Å². The lowest BCUT2D eigenvalue weighted by atomic mass is 9.75. The molecule has 8 heteroatoms. The molecular formula is C29H41F2N5O. The summed E-state index contributed by atoms with van der Waals surface area (Å²) >= 11 is 0. The van der Waals surface area contributed by atoms with Gasteiger partial charge < -0.3 is 5.32 Å². The lowest BCUT2D eigenvalue weighted by Crippen LogP contribution is -2.51. The zero-order chi connectivity index (χ0) is 26.2. The molecular weight excluding hydrogens is 472 g/mol. The van der Waals surface area contributed by atoms with Gasteiger partial charge in [0.15, 0.2) is 5.66 Å². The van der Waals surface area contributed by atoms with Crippen LogP contribution in [0.25, 0.3) is 0 Å². The molecule has 5 rings (SSSR count). The first kappa shape index (κ1) is 26.4. The van der Waals surface area contributed by atoms with E-state index in [1.165, 1.54) is 12.8 Å². The highest BCUT2D eigenvalue weighted by atomic mass is 19.3. The molecule has 4 aliphatic rings. The minimum Gasteiger partial charge on any atom is -0.349 e. The molecule has 1 aromatic rings. The predicted molar refractivity (Wildman–Crippen MR) is 141 cm³/mol. The Morgan fingerprint density at radius 2 is 1.73 bits per heavy atom. The van der Waals surface area contributed by atoms with Crippen molar-refractivity contribution in [3.8, 4) is 0 Å². The first-order chi connectivity index (χ1) is 17.7. The number of nitrogens with one attached hydrogen (secondary N) is 1. The molecule has 0 aromatic heterocycles. The quantitative estimate of drug-likeness (QED) is 0.429. The largest absolute Gasteiger partial charge is 0.349 e. The van der Waals surface area contributed by atoms with E-state index in [0.717, 1.165) is 37.2 Å². The number of nitrogens with zero attached hydrogens (tertiary/aromatic N) is 4. The highest BCUT2D eigenvalue weighted by Crippen LogP contribution is 2.48. The van der Waals surface area contributed by atoms with Gasteiger partial charge in [-0.1, -0.05) is 44.2 Å². The van der Waals surface area contributed by atoms with Crippen LogP contribution in [0.15, 0.2) is 45.6 Å². The second-order valence-electron chi connectivity index (χ2n) is 12.0. The van der Waals surface area contributed by atoms with E-state index in [2.05, 4.69) is 41.3 Å². The van der Waals surface area contributed by atoms with E-state index >= 15 is 0 Å². The number of aliphatic imine (C=N–C) groups is 1. The summed E-state index contributed by atoms with van der Waals surface area (Å²) in [5.41, 5.74) is 0.656. The zero-order valence-electron chi connectivity index (χ0n) is 22.4. The molecule has 3 heterocycles. The van der Waals surface area contributed by atoms with Gasteiger partial charge in [-0.2, -0.15) is 5.11 Å². The molecule has 1 aliphatic carbocycles. The molecule has 3 aliphatic heterocycles. The third-order valence-electron chi connectivity index (χ3n) is 9.31. The number of amidine groups is 1. The molecule has 202 valence electrons. The van der Waals surface area contributed by atoms with Crippen molar-refractivity contribution in [1.82, 2.24) is 10.2 Å². The molecule has 1 aromatic carbocycles. The number of carbonyl (C=O) groups excluding carboxylic acids is 1. The van der Waals surface area contributed by atoms with Crippen molar-refractivity contribution >= 4 is 11.7 Å². The fraction of sp³-hybridized carbons (Fsp3) is 0.724. The number of carbonyl (C=O) groups is 1. The monoisotopic (exact) mass is 513 g/mol. The summed E-state index contributed by atoms with van der Waals surface area (Å²) in [5.74, 6) is -1.54. The maximum atomic E-state index is 13.6. The Morgan fingerprint density at radius 3 is 2.30 bits per heavy atom. The number of piperidine rings is 1. The van der Waals surface area contributed by atoms with E-state index < -0.39 is 11.6 Å². The van der Waals surface area contributed by atoms with Crippen molar-refractivity contribution in [2.75, 3.05) is 6.54 Å². The molecule has 1 saturated carbocycles. The second-order valence-corrected chi connectivity index (χ2v) is 12.0. The van der Waals surface area contributed by atoms with Crippen LogP contribution in [-0.4, -0.2) is 46.9 Å². The third kappa shape index (κ3) is 5.50. The van der Waals surface area contributed by atoms with Crippen LogP contribution < -0.4 is 5.32 Å². The van der Waals surface area contributed by atoms with Crippen molar-refractivity contribution in [2.24, 2.45) is 33.0 Å². The average molecular weight is 514 g/mol. The predicted octanol–water partition coefficient (Wildman–Crippen LogP) is 6.54. The summed E-state index contributed by atoms with van der Waals surface area (Å²) in [4.78, 5) is 20.7. The Bertz CT molecular complexity index is 1000. The first-order valence-electron chi connectivity index (χ1n) is 14.1. The normalized spacial score (nSPS) is 32.5. The Hall–Kier alpha value is -2.22. The maximum Gasteiger partial charge on any atom is 0.248 e. The number of halogens is 2. The SMILES string of the molecule is CC1=NC(C(C)C)(C2CC3CCC(C2)N3CC[C@H](NC(=O)C2CCC(F)(F)CC2)c2ccccc2)N=N1. The van der Waals surface area contributed by atoms with Crippen molar-refractivity contribution in [1.29, 1.82) is 0 Å². The zero-order valence-corrected chi connectivity index (χ0v) is 22.4. The number of benzene rings is 1. The summed E-state index contributed by atoms with van der Waals surface area (Å²) in [5, 5.41) is 12.3. The van der Waals surface area contributed by atoms with Gasteiger partial charge in [0.1, 0.15) is 5.84 Å². The number of amides is 1. The van der Waals surface area contributed by atoms with Crippen LogP contribution in [-0.2, 0) is 4.79 Å².